The molecule has 0 saturated carbocycles. The van der Waals surface area contributed by atoms with Crippen LogP contribution in [-0.2, 0) is 4.74 Å². The van der Waals surface area contributed by atoms with E-state index in [0.29, 0.717) is 0 Å². The van der Waals surface area contributed by atoms with E-state index < -0.39 is 5.60 Å². The predicted molar refractivity (Wildman–Crippen MR) is 131 cm³/mol. The molecule has 170 valence electrons. The molecular weight excluding hydrogens is 398 g/mol. The number of benzene rings is 2. The third-order valence-electron chi connectivity index (χ3n) is 6.41. The number of nitrogens with one attached hydrogen (secondary N) is 1. The van der Waals surface area contributed by atoms with Crippen molar-refractivity contribution in [1.29, 1.82) is 0 Å². The molecule has 1 fully saturated rings. The first-order valence-electron chi connectivity index (χ1n) is 11.5. The summed E-state index contributed by atoms with van der Waals surface area (Å²) in [7, 11) is 0. The number of amides is 1. The smallest absolute Gasteiger partial charge is 0.408 e. The molecule has 1 aliphatic carbocycles. The number of piperazine rings is 1. The van der Waals surface area contributed by atoms with E-state index >= 15 is 0 Å². The second-order valence-electron chi connectivity index (χ2n) is 9.89. The second-order valence-corrected chi connectivity index (χ2v) is 9.89. The number of hydrogen-bond donors (Lipinski definition) is 1. The molecular formula is C27H35N3O2. The van der Waals surface area contributed by atoms with Gasteiger partial charge >= 0.3 is 6.09 Å². The first kappa shape index (κ1) is 22.4. The Hall–Kier alpha value is -2.79. The summed E-state index contributed by atoms with van der Waals surface area (Å²) in [4.78, 5) is 17.6. The number of hydrogen-bond acceptors (Lipinski definition) is 4. The Bertz CT molecular complexity index is 1000. The number of carbonyl (C=O) groups excluding carboxylic acids is 1. The SMILES string of the molecule is Cc1ccc(N2CCN(C3C=Cc4ccccc4C3NC(=O)OC(C)(C)C)CC2)cc1C. The molecule has 4 rings (SSSR count). The van der Waals surface area contributed by atoms with Gasteiger partial charge in [-0.1, -0.05) is 42.5 Å². The van der Waals surface area contributed by atoms with Crippen LogP contribution in [0.15, 0.2) is 48.5 Å². The first-order valence-corrected chi connectivity index (χ1v) is 11.5. The van der Waals surface area contributed by atoms with Gasteiger partial charge in [-0.25, -0.2) is 4.79 Å². The van der Waals surface area contributed by atoms with E-state index in [1.165, 1.54) is 16.8 Å². The molecule has 0 spiro atoms. The Labute approximate surface area is 192 Å². The van der Waals surface area contributed by atoms with Crippen LogP contribution in [0, 0.1) is 13.8 Å². The summed E-state index contributed by atoms with van der Waals surface area (Å²) in [5, 5.41) is 3.17. The van der Waals surface area contributed by atoms with Crippen LogP contribution in [0.1, 0.15) is 49.1 Å². The number of fused-ring (bicyclic) bond motifs is 1. The molecule has 1 aliphatic heterocycles. The molecule has 2 aromatic carbocycles. The monoisotopic (exact) mass is 433 g/mol. The van der Waals surface area contributed by atoms with Crippen LogP contribution in [0.25, 0.3) is 6.08 Å². The van der Waals surface area contributed by atoms with Crippen molar-refractivity contribution in [2.45, 2.75) is 52.3 Å². The maximum atomic E-state index is 12.7. The van der Waals surface area contributed by atoms with Crippen molar-refractivity contribution in [3.8, 4) is 0 Å². The summed E-state index contributed by atoms with van der Waals surface area (Å²) in [6.45, 7) is 13.8. The molecule has 5 nitrogen and oxygen atoms in total. The van der Waals surface area contributed by atoms with Gasteiger partial charge in [-0.05, 0) is 69.0 Å². The highest BCUT2D eigenvalue weighted by Crippen LogP contribution is 2.32. The van der Waals surface area contributed by atoms with E-state index in [9.17, 15) is 4.79 Å². The maximum absolute atomic E-state index is 12.7. The van der Waals surface area contributed by atoms with Crippen molar-refractivity contribution < 1.29 is 9.53 Å². The highest BCUT2D eigenvalue weighted by atomic mass is 16.6. The largest absolute Gasteiger partial charge is 0.444 e. The Morgan fingerprint density at radius 2 is 1.72 bits per heavy atom. The fourth-order valence-corrected chi connectivity index (χ4v) is 4.57. The van der Waals surface area contributed by atoms with E-state index in [4.69, 9.17) is 4.74 Å². The lowest BCUT2D eigenvalue weighted by molar-refractivity contribution is 0.0470. The molecule has 0 radical (unpaired) electrons. The summed E-state index contributed by atoms with van der Waals surface area (Å²) < 4.78 is 5.59. The minimum Gasteiger partial charge on any atom is -0.444 e. The fraction of sp³-hybridized carbons (Fsp3) is 0.444. The lowest BCUT2D eigenvalue weighted by atomic mass is 9.88. The zero-order valence-electron chi connectivity index (χ0n) is 19.9. The molecule has 2 aliphatic rings. The van der Waals surface area contributed by atoms with Gasteiger partial charge in [0.05, 0.1) is 12.1 Å². The molecule has 2 atom stereocenters. The number of ether oxygens (including phenoxy) is 1. The molecule has 2 aromatic rings. The summed E-state index contributed by atoms with van der Waals surface area (Å²) in [5.74, 6) is 0. The first-order chi connectivity index (χ1) is 15.2. The van der Waals surface area contributed by atoms with E-state index in [2.05, 4.69) is 71.4 Å². The Kier molecular flexibility index (Phi) is 6.29. The topological polar surface area (TPSA) is 44.8 Å². The number of carbonyl (C=O) groups is 1. The fourth-order valence-electron chi connectivity index (χ4n) is 4.57. The lowest BCUT2D eigenvalue weighted by Gasteiger charge is -2.43. The predicted octanol–water partition coefficient (Wildman–Crippen LogP) is 5.09. The van der Waals surface area contributed by atoms with Crippen LogP contribution < -0.4 is 10.2 Å². The van der Waals surface area contributed by atoms with Crippen molar-refractivity contribution in [1.82, 2.24) is 10.2 Å². The molecule has 5 heteroatoms. The average Bonchev–Trinajstić information content (AvgIpc) is 2.75. The maximum Gasteiger partial charge on any atom is 0.408 e. The average molecular weight is 434 g/mol. The van der Waals surface area contributed by atoms with Crippen LogP contribution >= 0.6 is 0 Å². The van der Waals surface area contributed by atoms with Crippen LogP contribution in [0.3, 0.4) is 0 Å². The van der Waals surface area contributed by atoms with Gasteiger partial charge in [0.2, 0.25) is 0 Å². The van der Waals surface area contributed by atoms with Crippen molar-refractivity contribution >= 4 is 17.9 Å². The highest BCUT2D eigenvalue weighted by Gasteiger charge is 2.34. The molecule has 2 unspecified atom stereocenters. The summed E-state index contributed by atoms with van der Waals surface area (Å²) in [6, 6.07) is 15.0. The minimum absolute atomic E-state index is 0.0966. The standard InChI is InChI=1S/C27H35N3O2/c1-19-10-12-22(18-20(19)2)29-14-16-30(17-15-29)24-13-11-21-8-6-7-9-23(21)25(24)28-26(31)32-27(3,4)5/h6-13,18,24-25H,14-17H2,1-5H3,(H,28,31). The number of nitrogens with zero attached hydrogens (tertiary/aromatic N) is 2. The van der Waals surface area contributed by atoms with Gasteiger partial charge in [0.25, 0.3) is 0 Å². The zero-order valence-corrected chi connectivity index (χ0v) is 19.9. The summed E-state index contributed by atoms with van der Waals surface area (Å²) >= 11 is 0. The number of alkyl carbamates (subject to hydrolysis) is 1. The molecule has 1 amide bonds. The van der Waals surface area contributed by atoms with Crippen molar-refractivity contribution in [3.05, 3.63) is 70.8 Å². The normalized spacial score (nSPS) is 21.2. The molecule has 1 heterocycles. The van der Waals surface area contributed by atoms with Gasteiger partial charge in [0, 0.05) is 31.9 Å². The van der Waals surface area contributed by atoms with Gasteiger partial charge in [0.1, 0.15) is 5.60 Å². The van der Waals surface area contributed by atoms with Gasteiger partial charge in [-0.2, -0.15) is 0 Å². The highest BCUT2D eigenvalue weighted by molar-refractivity contribution is 5.70. The minimum atomic E-state index is -0.526. The van der Waals surface area contributed by atoms with E-state index in [0.717, 1.165) is 37.3 Å². The quantitative estimate of drug-likeness (QED) is 0.733. The number of anilines is 1. The van der Waals surface area contributed by atoms with Crippen molar-refractivity contribution in [2.24, 2.45) is 0 Å². The van der Waals surface area contributed by atoms with Gasteiger partial charge in [0.15, 0.2) is 0 Å². The van der Waals surface area contributed by atoms with Crippen molar-refractivity contribution in [3.63, 3.8) is 0 Å². The molecule has 1 N–H and O–H groups in total. The van der Waals surface area contributed by atoms with Gasteiger partial charge < -0.3 is 15.0 Å². The third kappa shape index (κ3) is 4.99. The van der Waals surface area contributed by atoms with Crippen LogP contribution in [-0.4, -0.2) is 48.8 Å². The van der Waals surface area contributed by atoms with Crippen LogP contribution in [0.2, 0.25) is 0 Å². The van der Waals surface area contributed by atoms with Crippen LogP contribution in [0.5, 0.6) is 0 Å². The van der Waals surface area contributed by atoms with E-state index in [1.807, 2.05) is 32.9 Å². The summed E-state index contributed by atoms with van der Waals surface area (Å²) in [5.41, 5.74) is 5.72. The van der Waals surface area contributed by atoms with Crippen molar-refractivity contribution in [2.75, 3.05) is 31.1 Å². The molecule has 32 heavy (non-hydrogen) atoms. The number of rotatable bonds is 3. The Morgan fingerprint density at radius 3 is 2.41 bits per heavy atom. The Morgan fingerprint density at radius 1 is 1.00 bits per heavy atom. The third-order valence-corrected chi connectivity index (χ3v) is 6.41. The zero-order chi connectivity index (χ0) is 22.9. The van der Waals surface area contributed by atoms with Crippen LogP contribution in [0.4, 0.5) is 10.5 Å². The van der Waals surface area contributed by atoms with Gasteiger partial charge in [-0.3, -0.25) is 4.90 Å². The van der Waals surface area contributed by atoms with E-state index in [-0.39, 0.29) is 18.2 Å². The number of aryl methyl sites for hydroxylation is 2. The Balaban J connectivity index is 1.50. The van der Waals surface area contributed by atoms with E-state index in [1.54, 1.807) is 0 Å². The summed E-state index contributed by atoms with van der Waals surface area (Å²) in [6.07, 6.45) is 4.05. The molecule has 0 bridgehead atoms. The lowest BCUT2D eigenvalue weighted by Crippen LogP contribution is -2.54. The second kappa shape index (κ2) is 8.99. The molecule has 0 aromatic heterocycles. The van der Waals surface area contributed by atoms with Gasteiger partial charge in [-0.15, -0.1) is 0 Å². The molecule has 1 saturated heterocycles.